The van der Waals surface area contributed by atoms with Crippen LogP contribution in [0.15, 0.2) is 41.1 Å². The number of furan rings is 1. The van der Waals surface area contributed by atoms with E-state index in [2.05, 4.69) is 9.97 Å². The molecule has 0 saturated carbocycles. The molecule has 2 aromatic heterocycles. The number of hydrogen-bond acceptors (Lipinski definition) is 3. The van der Waals surface area contributed by atoms with Crippen LogP contribution in [0.5, 0.6) is 0 Å². The molecule has 0 bridgehead atoms. The van der Waals surface area contributed by atoms with Crippen LogP contribution in [-0.4, -0.2) is 15.8 Å². The van der Waals surface area contributed by atoms with Crippen LogP contribution in [0.2, 0.25) is 0 Å². The standard InChI is InChI=1S/C12H7FN2O2/c13-8-3-1-2-7-6-9(17-11(7)8)10(16)12-14-4-5-15-12/h1-6H,(H,14,15). The van der Waals surface area contributed by atoms with E-state index in [9.17, 15) is 9.18 Å². The van der Waals surface area contributed by atoms with Gasteiger partial charge in [0.15, 0.2) is 23.0 Å². The maximum Gasteiger partial charge on any atom is 0.263 e. The molecule has 0 radical (unpaired) electrons. The summed E-state index contributed by atoms with van der Waals surface area (Å²) >= 11 is 0. The molecule has 5 heteroatoms. The first-order valence-electron chi connectivity index (χ1n) is 4.98. The molecule has 0 fully saturated rings. The molecule has 0 aliphatic rings. The number of aromatic nitrogens is 2. The summed E-state index contributed by atoms with van der Waals surface area (Å²) in [5, 5.41) is 0.555. The van der Waals surface area contributed by atoms with Gasteiger partial charge in [0.25, 0.3) is 5.78 Å². The predicted octanol–water partition coefficient (Wildman–Crippen LogP) is 2.53. The number of ketones is 1. The predicted molar refractivity (Wildman–Crippen MR) is 58.2 cm³/mol. The number of fused-ring (bicyclic) bond motifs is 1. The highest BCUT2D eigenvalue weighted by molar-refractivity contribution is 6.06. The molecule has 1 aromatic carbocycles. The highest BCUT2D eigenvalue weighted by atomic mass is 19.1. The van der Waals surface area contributed by atoms with Gasteiger partial charge < -0.3 is 9.40 Å². The SMILES string of the molecule is O=C(c1ncc[nH]1)c1cc2cccc(F)c2o1. The van der Waals surface area contributed by atoms with Crippen molar-refractivity contribution in [3.8, 4) is 0 Å². The minimum Gasteiger partial charge on any atom is -0.449 e. The van der Waals surface area contributed by atoms with Crippen LogP contribution in [-0.2, 0) is 0 Å². The van der Waals surface area contributed by atoms with Crippen molar-refractivity contribution in [3.63, 3.8) is 0 Å². The van der Waals surface area contributed by atoms with Crippen molar-refractivity contribution in [1.82, 2.24) is 9.97 Å². The van der Waals surface area contributed by atoms with E-state index < -0.39 is 11.6 Å². The molecular formula is C12H7FN2O2. The van der Waals surface area contributed by atoms with Crippen molar-refractivity contribution in [2.75, 3.05) is 0 Å². The second-order valence-electron chi connectivity index (χ2n) is 3.54. The largest absolute Gasteiger partial charge is 0.449 e. The average Bonchev–Trinajstić information content (AvgIpc) is 2.98. The molecule has 84 valence electrons. The van der Waals surface area contributed by atoms with E-state index in [0.717, 1.165) is 0 Å². The Labute approximate surface area is 95.1 Å². The van der Waals surface area contributed by atoms with E-state index in [0.29, 0.717) is 5.39 Å². The highest BCUT2D eigenvalue weighted by Crippen LogP contribution is 2.23. The van der Waals surface area contributed by atoms with Crippen LogP contribution >= 0.6 is 0 Å². The molecular weight excluding hydrogens is 223 g/mol. The third-order valence-electron chi connectivity index (χ3n) is 2.43. The molecule has 0 saturated heterocycles. The van der Waals surface area contributed by atoms with Gasteiger partial charge in [0.1, 0.15) is 0 Å². The van der Waals surface area contributed by atoms with Crippen molar-refractivity contribution in [2.45, 2.75) is 0 Å². The third kappa shape index (κ3) is 1.52. The Morgan fingerprint density at radius 1 is 1.41 bits per heavy atom. The average molecular weight is 230 g/mol. The topological polar surface area (TPSA) is 58.9 Å². The maximum absolute atomic E-state index is 13.4. The molecule has 2 heterocycles. The number of carbonyl (C=O) groups is 1. The van der Waals surface area contributed by atoms with E-state index >= 15 is 0 Å². The Morgan fingerprint density at radius 2 is 2.29 bits per heavy atom. The molecule has 0 aliphatic heterocycles. The Bertz CT molecular complexity index is 686. The first-order chi connectivity index (χ1) is 8.25. The highest BCUT2D eigenvalue weighted by Gasteiger charge is 2.17. The fourth-order valence-corrected chi connectivity index (χ4v) is 1.65. The summed E-state index contributed by atoms with van der Waals surface area (Å²) in [6.07, 6.45) is 3.01. The summed E-state index contributed by atoms with van der Waals surface area (Å²) in [5.41, 5.74) is 0.0856. The zero-order chi connectivity index (χ0) is 11.8. The number of imidazole rings is 1. The molecule has 4 nitrogen and oxygen atoms in total. The van der Waals surface area contributed by atoms with E-state index in [-0.39, 0.29) is 17.2 Å². The molecule has 0 unspecified atom stereocenters. The van der Waals surface area contributed by atoms with Gasteiger partial charge in [-0.3, -0.25) is 4.79 Å². The van der Waals surface area contributed by atoms with Gasteiger partial charge in [-0.25, -0.2) is 9.37 Å². The van der Waals surface area contributed by atoms with E-state index in [4.69, 9.17) is 4.42 Å². The minimum atomic E-state index is -0.485. The summed E-state index contributed by atoms with van der Waals surface area (Å²) in [6, 6.07) is 6.03. The second-order valence-corrected chi connectivity index (χ2v) is 3.54. The van der Waals surface area contributed by atoms with Gasteiger partial charge in [0.2, 0.25) is 0 Å². The zero-order valence-electron chi connectivity index (χ0n) is 8.61. The lowest BCUT2D eigenvalue weighted by Crippen LogP contribution is -2.01. The number of halogens is 1. The number of carbonyl (C=O) groups excluding carboxylic acids is 1. The molecule has 0 amide bonds. The number of rotatable bonds is 2. The normalized spacial score (nSPS) is 10.9. The second kappa shape index (κ2) is 3.55. The van der Waals surface area contributed by atoms with E-state index in [1.807, 2.05) is 0 Å². The van der Waals surface area contributed by atoms with Crippen LogP contribution in [0.25, 0.3) is 11.0 Å². The van der Waals surface area contributed by atoms with Crippen LogP contribution < -0.4 is 0 Å². The summed E-state index contributed by atoms with van der Waals surface area (Å²) in [4.78, 5) is 18.4. The Balaban J connectivity index is 2.13. The molecule has 0 atom stereocenters. The van der Waals surface area contributed by atoms with Gasteiger partial charge in [-0.1, -0.05) is 12.1 Å². The summed E-state index contributed by atoms with van der Waals surface area (Å²) < 4.78 is 18.6. The first kappa shape index (κ1) is 9.77. The lowest BCUT2D eigenvalue weighted by Gasteiger charge is -1.91. The number of aromatic amines is 1. The van der Waals surface area contributed by atoms with E-state index in [1.165, 1.54) is 24.5 Å². The van der Waals surface area contributed by atoms with Crippen molar-refractivity contribution in [1.29, 1.82) is 0 Å². The van der Waals surface area contributed by atoms with Gasteiger partial charge in [-0.15, -0.1) is 0 Å². The van der Waals surface area contributed by atoms with Gasteiger partial charge in [0.05, 0.1) is 0 Å². The van der Waals surface area contributed by atoms with Gasteiger partial charge in [-0.2, -0.15) is 0 Å². The smallest absolute Gasteiger partial charge is 0.263 e. The lowest BCUT2D eigenvalue weighted by atomic mass is 10.2. The molecule has 17 heavy (non-hydrogen) atoms. The van der Waals surface area contributed by atoms with Crippen LogP contribution in [0.3, 0.4) is 0 Å². The number of para-hydroxylation sites is 1. The Hall–Kier alpha value is -2.43. The zero-order valence-corrected chi connectivity index (χ0v) is 8.61. The van der Waals surface area contributed by atoms with E-state index in [1.54, 1.807) is 12.1 Å². The quantitative estimate of drug-likeness (QED) is 0.688. The van der Waals surface area contributed by atoms with Crippen LogP contribution in [0, 0.1) is 5.82 Å². The molecule has 0 aliphatic carbocycles. The van der Waals surface area contributed by atoms with Crippen molar-refractivity contribution < 1.29 is 13.6 Å². The summed E-state index contributed by atoms with van der Waals surface area (Å²) in [6.45, 7) is 0. The molecule has 3 rings (SSSR count). The Kier molecular flexibility index (Phi) is 2.04. The van der Waals surface area contributed by atoms with Gasteiger partial charge >= 0.3 is 0 Å². The van der Waals surface area contributed by atoms with Crippen molar-refractivity contribution in [3.05, 3.63) is 54.1 Å². The lowest BCUT2D eigenvalue weighted by molar-refractivity contribution is 0.100. The van der Waals surface area contributed by atoms with Crippen molar-refractivity contribution >= 4 is 16.8 Å². The molecule has 1 N–H and O–H groups in total. The maximum atomic E-state index is 13.4. The number of nitrogens with zero attached hydrogens (tertiary/aromatic N) is 1. The number of benzene rings is 1. The summed E-state index contributed by atoms with van der Waals surface area (Å²) in [5.74, 6) is -0.642. The fourth-order valence-electron chi connectivity index (χ4n) is 1.65. The fraction of sp³-hybridized carbons (Fsp3) is 0. The summed E-state index contributed by atoms with van der Waals surface area (Å²) in [7, 11) is 0. The first-order valence-corrected chi connectivity index (χ1v) is 4.98. The van der Waals surface area contributed by atoms with Crippen LogP contribution in [0.1, 0.15) is 16.4 Å². The number of H-pyrrole nitrogens is 1. The number of hydrogen-bond donors (Lipinski definition) is 1. The molecule has 0 spiro atoms. The molecule has 3 aromatic rings. The van der Waals surface area contributed by atoms with Gasteiger partial charge in [-0.05, 0) is 12.1 Å². The van der Waals surface area contributed by atoms with Gasteiger partial charge in [0, 0.05) is 17.8 Å². The minimum absolute atomic E-state index is 0.0695. The van der Waals surface area contributed by atoms with Crippen LogP contribution in [0.4, 0.5) is 4.39 Å². The monoisotopic (exact) mass is 230 g/mol. The van der Waals surface area contributed by atoms with Crippen molar-refractivity contribution in [2.24, 2.45) is 0 Å². The number of nitrogens with one attached hydrogen (secondary N) is 1. The third-order valence-corrected chi connectivity index (χ3v) is 2.43. The Morgan fingerprint density at radius 3 is 3.00 bits per heavy atom.